The summed E-state index contributed by atoms with van der Waals surface area (Å²) in [5.74, 6) is 1.15. The molecular formula is C15H24BrN3S. The zero-order valence-electron chi connectivity index (χ0n) is 12.5. The molecule has 112 valence electrons. The van der Waals surface area contributed by atoms with Crippen LogP contribution in [0.1, 0.15) is 32.8 Å². The van der Waals surface area contributed by atoms with Gasteiger partial charge in [-0.25, -0.2) is 4.98 Å². The molecular weight excluding hydrogens is 334 g/mol. The van der Waals surface area contributed by atoms with Crippen molar-refractivity contribution in [3.05, 3.63) is 22.3 Å². The molecule has 0 aliphatic carbocycles. The summed E-state index contributed by atoms with van der Waals surface area (Å²) in [6.07, 6.45) is 3.07. The molecule has 0 aromatic carbocycles. The van der Waals surface area contributed by atoms with Gasteiger partial charge in [0.05, 0.1) is 0 Å². The highest BCUT2D eigenvalue weighted by Gasteiger charge is 2.24. The molecule has 1 saturated heterocycles. The van der Waals surface area contributed by atoms with Crippen molar-refractivity contribution < 1.29 is 0 Å². The van der Waals surface area contributed by atoms with E-state index in [9.17, 15) is 0 Å². The van der Waals surface area contributed by atoms with Crippen LogP contribution in [0.2, 0.25) is 0 Å². The maximum Gasteiger partial charge on any atom is 0.133 e. The van der Waals surface area contributed by atoms with Crippen molar-refractivity contribution >= 4 is 33.5 Å². The minimum absolute atomic E-state index is 0.667. The number of nitrogens with zero attached hydrogens (tertiary/aromatic N) is 2. The molecule has 0 saturated carbocycles. The van der Waals surface area contributed by atoms with Crippen LogP contribution in [0.15, 0.2) is 16.7 Å². The molecule has 1 N–H and O–H groups in total. The molecule has 0 amide bonds. The fourth-order valence-electron chi connectivity index (χ4n) is 2.64. The first-order valence-electron chi connectivity index (χ1n) is 7.35. The van der Waals surface area contributed by atoms with E-state index in [-0.39, 0.29) is 0 Å². The van der Waals surface area contributed by atoms with Gasteiger partial charge in [0.2, 0.25) is 0 Å². The van der Waals surface area contributed by atoms with Gasteiger partial charge in [-0.05, 0) is 35.0 Å². The molecule has 5 heteroatoms. The quantitative estimate of drug-likeness (QED) is 0.813. The Morgan fingerprint density at radius 2 is 2.10 bits per heavy atom. The molecule has 2 rings (SSSR count). The van der Waals surface area contributed by atoms with Crippen molar-refractivity contribution in [1.82, 2.24) is 10.3 Å². The van der Waals surface area contributed by atoms with E-state index in [0.717, 1.165) is 42.9 Å². The Morgan fingerprint density at radius 1 is 1.40 bits per heavy atom. The van der Waals surface area contributed by atoms with Crippen LogP contribution in [0.5, 0.6) is 0 Å². The zero-order chi connectivity index (χ0) is 14.5. The standard InChI is InChI=1S/C15H24BrN3S/c1-4-5-17-7-13-6-14(16)8-18-15(13)19-9-11(2)20-12(3)10-19/h6,8,11-12,17H,4-5,7,9-10H2,1-3H3. The number of thioether (sulfide) groups is 1. The lowest BCUT2D eigenvalue weighted by Crippen LogP contribution is -2.41. The highest BCUT2D eigenvalue weighted by molar-refractivity contribution is 9.10. The lowest BCUT2D eigenvalue weighted by molar-refractivity contribution is 0.662. The lowest BCUT2D eigenvalue weighted by atomic mass is 10.2. The summed E-state index contributed by atoms with van der Waals surface area (Å²) in [5, 5.41) is 4.82. The molecule has 20 heavy (non-hydrogen) atoms. The van der Waals surface area contributed by atoms with Crippen molar-refractivity contribution in [2.45, 2.75) is 44.2 Å². The first-order valence-corrected chi connectivity index (χ1v) is 9.09. The van der Waals surface area contributed by atoms with Gasteiger partial charge in [0.25, 0.3) is 0 Å². The van der Waals surface area contributed by atoms with Crippen LogP contribution in [-0.4, -0.2) is 35.1 Å². The van der Waals surface area contributed by atoms with E-state index >= 15 is 0 Å². The van der Waals surface area contributed by atoms with Gasteiger partial charge in [-0.3, -0.25) is 0 Å². The second-order valence-corrected chi connectivity index (χ2v) is 8.27. The van der Waals surface area contributed by atoms with Crippen LogP contribution in [-0.2, 0) is 6.54 Å². The average Bonchev–Trinajstić information content (AvgIpc) is 2.38. The Morgan fingerprint density at radius 3 is 2.75 bits per heavy atom. The van der Waals surface area contributed by atoms with E-state index in [1.807, 2.05) is 6.20 Å². The van der Waals surface area contributed by atoms with Crippen molar-refractivity contribution in [1.29, 1.82) is 0 Å². The van der Waals surface area contributed by atoms with Crippen molar-refractivity contribution in [2.24, 2.45) is 0 Å². The maximum atomic E-state index is 4.68. The van der Waals surface area contributed by atoms with Crippen LogP contribution in [0.25, 0.3) is 0 Å². The second-order valence-electron chi connectivity index (χ2n) is 5.48. The van der Waals surface area contributed by atoms with Crippen molar-refractivity contribution in [3.8, 4) is 0 Å². The molecule has 1 aliphatic heterocycles. The third kappa shape index (κ3) is 4.37. The predicted molar refractivity (Wildman–Crippen MR) is 92.7 cm³/mol. The zero-order valence-corrected chi connectivity index (χ0v) is 14.9. The Balaban J connectivity index is 2.16. The van der Waals surface area contributed by atoms with E-state index in [1.54, 1.807) is 0 Å². The van der Waals surface area contributed by atoms with Crippen LogP contribution >= 0.6 is 27.7 Å². The van der Waals surface area contributed by atoms with Gasteiger partial charge < -0.3 is 10.2 Å². The second kappa shape index (κ2) is 7.66. The summed E-state index contributed by atoms with van der Waals surface area (Å²) in [6.45, 7) is 10.9. The summed E-state index contributed by atoms with van der Waals surface area (Å²) in [7, 11) is 0. The van der Waals surface area contributed by atoms with E-state index in [0.29, 0.717) is 10.5 Å². The third-order valence-corrected chi connectivity index (χ3v) is 5.03. The normalized spacial score (nSPS) is 23.1. The molecule has 1 aliphatic rings. The summed E-state index contributed by atoms with van der Waals surface area (Å²) < 4.78 is 1.06. The fourth-order valence-corrected chi connectivity index (χ4v) is 4.34. The Kier molecular flexibility index (Phi) is 6.18. The monoisotopic (exact) mass is 357 g/mol. The molecule has 2 heterocycles. The summed E-state index contributed by atoms with van der Waals surface area (Å²) in [5.41, 5.74) is 1.29. The highest BCUT2D eigenvalue weighted by atomic mass is 79.9. The number of pyridine rings is 1. The van der Waals surface area contributed by atoms with Gasteiger partial charge in [-0.1, -0.05) is 20.8 Å². The Hall–Kier alpha value is -0.260. The minimum Gasteiger partial charge on any atom is -0.354 e. The molecule has 2 atom stereocenters. The SMILES string of the molecule is CCCNCc1cc(Br)cnc1N1CC(C)SC(C)C1. The molecule has 0 spiro atoms. The molecule has 0 radical (unpaired) electrons. The summed E-state index contributed by atoms with van der Waals surface area (Å²) in [4.78, 5) is 7.12. The Labute approximate surface area is 135 Å². The largest absolute Gasteiger partial charge is 0.354 e. The predicted octanol–water partition coefficient (Wildman–Crippen LogP) is 3.67. The molecule has 1 fully saturated rings. The van der Waals surface area contributed by atoms with Crippen LogP contribution < -0.4 is 10.2 Å². The molecule has 2 unspecified atom stereocenters. The van der Waals surface area contributed by atoms with E-state index in [4.69, 9.17) is 0 Å². The van der Waals surface area contributed by atoms with Gasteiger partial charge in [-0.2, -0.15) is 11.8 Å². The summed E-state index contributed by atoms with van der Waals surface area (Å²) >= 11 is 5.62. The van der Waals surface area contributed by atoms with Crippen molar-refractivity contribution in [3.63, 3.8) is 0 Å². The Bertz CT molecular complexity index is 431. The van der Waals surface area contributed by atoms with Crippen LogP contribution in [0, 0.1) is 0 Å². The van der Waals surface area contributed by atoms with Gasteiger partial charge in [-0.15, -0.1) is 0 Å². The number of anilines is 1. The fraction of sp³-hybridized carbons (Fsp3) is 0.667. The number of aromatic nitrogens is 1. The smallest absolute Gasteiger partial charge is 0.133 e. The van der Waals surface area contributed by atoms with Gasteiger partial charge in [0, 0.05) is 46.4 Å². The number of hydrogen-bond acceptors (Lipinski definition) is 4. The molecule has 1 aromatic heterocycles. The van der Waals surface area contributed by atoms with Crippen LogP contribution in [0.4, 0.5) is 5.82 Å². The molecule has 1 aromatic rings. The number of nitrogens with one attached hydrogen (secondary N) is 1. The van der Waals surface area contributed by atoms with E-state index < -0.39 is 0 Å². The van der Waals surface area contributed by atoms with Crippen molar-refractivity contribution in [2.75, 3.05) is 24.5 Å². The molecule has 3 nitrogen and oxygen atoms in total. The lowest BCUT2D eigenvalue weighted by Gasteiger charge is -2.36. The minimum atomic E-state index is 0.667. The summed E-state index contributed by atoms with van der Waals surface area (Å²) in [6, 6.07) is 2.20. The van der Waals surface area contributed by atoms with Gasteiger partial charge in [0.15, 0.2) is 0 Å². The number of halogens is 1. The number of rotatable bonds is 5. The highest BCUT2D eigenvalue weighted by Crippen LogP contribution is 2.30. The maximum absolute atomic E-state index is 4.68. The molecule has 0 bridgehead atoms. The van der Waals surface area contributed by atoms with E-state index in [1.165, 1.54) is 5.56 Å². The van der Waals surface area contributed by atoms with Gasteiger partial charge >= 0.3 is 0 Å². The topological polar surface area (TPSA) is 28.2 Å². The first kappa shape index (κ1) is 16.1. The average molecular weight is 358 g/mol. The van der Waals surface area contributed by atoms with E-state index in [2.05, 4.69) is 69.7 Å². The van der Waals surface area contributed by atoms with Gasteiger partial charge in [0.1, 0.15) is 5.82 Å². The first-order chi connectivity index (χ1) is 9.60. The van der Waals surface area contributed by atoms with Crippen LogP contribution in [0.3, 0.4) is 0 Å². The number of hydrogen-bond donors (Lipinski definition) is 1. The third-order valence-electron chi connectivity index (χ3n) is 3.37.